The monoisotopic (exact) mass is 212 g/mol. The van der Waals surface area contributed by atoms with Gasteiger partial charge in [-0.15, -0.1) is 5.10 Å². The summed E-state index contributed by atoms with van der Waals surface area (Å²) in [6.07, 6.45) is 1.98. The molecule has 84 valence electrons. The van der Waals surface area contributed by atoms with Crippen molar-refractivity contribution < 1.29 is 9.90 Å². The highest BCUT2D eigenvalue weighted by Crippen LogP contribution is 2.19. The molecule has 0 aromatic carbocycles. The highest BCUT2D eigenvalue weighted by Gasteiger charge is 2.15. The number of aryl methyl sites for hydroxylation is 1. The number of aromatic nitrogens is 4. The Morgan fingerprint density at radius 1 is 1.47 bits per heavy atom. The molecule has 1 N–H and O–H groups in total. The fraction of sp³-hybridized carbons (Fsp3) is 0.778. The predicted octanol–water partition coefficient (Wildman–Crippen LogP) is 1.05. The minimum Gasteiger partial charge on any atom is -0.481 e. The molecule has 0 spiro atoms. The van der Waals surface area contributed by atoms with E-state index in [1.165, 1.54) is 0 Å². The summed E-state index contributed by atoms with van der Waals surface area (Å²) in [5, 5.41) is 19.9. The van der Waals surface area contributed by atoms with Crippen molar-refractivity contribution in [3.05, 3.63) is 5.82 Å². The number of hydrogen-bond donors (Lipinski definition) is 1. The van der Waals surface area contributed by atoms with Crippen LogP contribution >= 0.6 is 0 Å². The Morgan fingerprint density at radius 3 is 2.67 bits per heavy atom. The summed E-state index contributed by atoms with van der Waals surface area (Å²) in [5.74, 6) is 0.274. The van der Waals surface area contributed by atoms with Gasteiger partial charge in [-0.25, -0.2) is 4.68 Å². The first-order valence-corrected chi connectivity index (χ1v) is 5.16. The summed E-state index contributed by atoms with van der Waals surface area (Å²) in [5.41, 5.74) is 0. The normalized spacial score (nSPS) is 10.9. The Balaban J connectivity index is 2.71. The van der Waals surface area contributed by atoms with Crippen molar-refractivity contribution >= 4 is 5.97 Å². The number of carbonyl (C=O) groups is 1. The molecule has 1 rings (SSSR count). The largest absolute Gasteiger partial charge is 0.481 e. The van der Waals surface area contributed by atoms with Crippen LogP contribution in [0.4, 0.5) is 0 Å². The van der Waals surface area contributed by atoms with Crippen molar-refractivity contribution in [2.24, 2.45) is 0 Å². The van der Waals surface area contributed by atoms with Gasteiger partial charge in [0.25, 0.3) is 0 Å². The van der Waals surface area contributed by atoms with Crippen LogP contribution in [0.2, 0.25) is 0 Å². The van der Waals surface area contributed by atoms with Crippen molar-refractivity contribution in [2.45, 2.75) is 45.6 Å². The number of carboxylic acids is 1. The van der Waals surface area contributed by atoms with E-state index in [0.29, 0.717) is 12.5 Å². The predicted molar refractivity (Wildman–Crippen MR) is 53.4 cm³/mol. The lowest BCUT2D eigenvalue weighted by atomic mass is 10.0. The lowest BCUT2D eigenvalue weighted by Crippen LogP contribution is -2.12. The van der Waals surface area contributed by atoms with Gasteiger partial charge in [0, 0.05) is 5.92 Å². The first kappa shape index (κ1) is 11.6. The van der Waals surface area contributed by atoms with E-state index in [1.807, 2.05) is 0 Å². The van der Waals surface area contributed by atoms with Crippen LogP contribution in [-0.2, 0) is 11.3 Å². The molecule has 0 saturated heterocycles. The number of rotatable bonds is 6. The summed E-state index contributed by atoms with van der Waals surface area (Å²) in [6.45, 7) is 4.49. The van der Waals surface area contributed by atoms with E-state index in [4.69, 9.17) is 5.11 Å². The van der Waals surface area contributed by atoms with E-state index < -0.39 is 5.97 Å². The molecule has 0 bridgehead atoms. The number of hydrogen-bond acceptors (Lipinski definition) is 4. The van der Waals surface area contributed by atoms with E-state index in [2.05, 4.69) is 29.4 Å². The third kappa shape index (κ3) is 3.00. The van der Waals surface area contributed by atoms with Crippen LogP contribution < -0.4 is 0 Å². The maximum atomic E-state index is 10.4. The second-order valence-electron chi connectivity index (χ2n) is 3.42. The molecular weight excluding hydrogens is 196 g/mol. The number of nitrogens with zero attached hydrogens (tertiary/aromatic N) is 4. The fourth-order valence-corrected chi connectivity index (χ4v) is 1.52. The molecule has 15 heavy (non-hydrogen) atoms. The van der Waals surface area contributed by atoms with Crippen molar-refractivity contribution in [3.8, 4) is 0 Å². The summed E-state index contributed by atoms with van der Waals surface area (Å²) in [7, 11) is 0. The van der Waals surface area contributed by atoms with E-state index in [1.54, 1.807) is 4.68 Å². The summed E-state index contributed by atoms with van der Waals surface area (Å²) in [4.78, 5) is 10.4. The second kappa shape index (κ2) is 5.43. The second-order valence-corrected chi connectivity index (χ2v) is 3.42. The van der Waals surface area contributed by atoms with Crippen LogP contribution in [0.1, 0.15) is 44.9 Å². The van der Waals surface area contributed by atoms with E-state index >= 15 is 0 Å². The van der Waals surface area contributed by atoms with Crippen molar-refractivity contribution in [1.29, 1.82) is 0 Å². The topological polar surface area (TPSA) is 80.9 Å². The van der Waals surface area contributed by atoms with Gasteiger partial charge < -0.3 is 5.11 Å². The van der Waals surface area contributed by atoms with Crippen LogP contribution in [0.5, 0.6) is 0 Å². The molecule has 0 radical (unpaired) electrons. The third-order valence-corrected chi connectivity index (χ3v) is 2.45. The average Bonchev–Trinajstić information content (AvgIpc) is 2.65. The molecule has 0 aliphatic rings. The van der Waals surface area contributed by atoms with Gasteiger partial charge in [0.15, 0.2) is 5.82 Å². The maximum Gasteiger partial charge on any atom is 0.305 e. The highest BCUT2D eigenvalue weighted by atomic mass is 16.4. The van der Waals surface area contributed by atoms with E-state index in [0.717, 1.165) is 18.7 Å². The smallest absolute Gasteiger partial charge is 0.305 e. The Kier molecular flexibility index (Phi) is 4.20. The van der Waals surface area contributed by atoms with Gasteiger partial charge in [-0.05, 0) is 23.3 Å². The number of aliphatic carboxylic acids is 1. The van der Waals surface area contributed by atoms with Crippen LogP contribution in [-0.4, -0.2) is 31.3 Å². The number of carboxylic acid groups (broad SMARTS) is 1. The van der Waals surface area contributed by atoms with Gasteiger partial charge in [-0.2, -0.15) is 0 Å². The van der Waals surface area contributed by atoms with Gasteiger partial charge in [0.1, 0.15) is 0 Å². The standard InChI is InChI=1S/C9H16N4O2/c1-3-7(4-2)9-10-11-12-13(9)6-5-8(14)15/h7H,3-6H2,1-2H3,(H,14,15). The SMILES string of the molecule is CCC(CC)c1nnnn1CCC(=O)O. The van der Waals surface area contributed by atoms with Gasteiger partial charge >= 0.3 is 5.97 Å². The summed E-state index contributed by atoms with van der Waals surface area (Å²) in [6, 6.07) is 0. The summed E-state index contributed by atoms with van der Waals surface area (Å²) < 4.78 is 1.59. The van der Waals surface area contributed by atoms with Crippen LogP contribution in [0, 0.1) is 0 Å². The third-order valence-electron chi connectivity index (χ3n) is 2.45. The average molecular weight is 212 g/mol. The Hall–Kier alpha value is -1.46. The van der Waals surface area contributed by atoms with Gasteiger partial charge in [-0.3, -0.25) is 4.79 Å². The zero-order valence-electron chi connectivity index (χ0n) is 9.05. The molecule has 0 aliphatic carbocycles. The Labute approximate surface area is 88.3 Å². The van der Waals surface area contributed by atoms with Gasteiger partial charge in [0.2, 0.25) is 0 Å². The zero-order valence-corrected chi connectivity index (χ0v) is 9.05. The molecule has 6 heteroatoms. The molecule has 1 aromatic heterocycles. The van der Waals surface area contributed by atoms with Gasteiger partial charge in [-0.1, -0.05) is 13.8 Å². The molecule has 0 amide bonds. The summed E-state index contributed by atoms with van der Waals surface area (Å²) >= 11 is 0. The first-order chi connectivity index (χ1) is 7.19. The van der Waals surface area contributed by atoms with Gasteiger partial charge in [0.05, 0.1) is 13.0 Å². The molecule has 0 saturated carbocycles. The molecule has 0 unspecified atom stereocenters. The molecule has 0 fully saturated rings. The molecule has 0 atom stereocenters. The minimum absolute atomic E-state index is 0.0538. The molecule has 1 aromatic rings. The van der Waals surface area contributed by atoms with Crippen LogP contribution in [0.15, 0.2) is 0 Å². The minimum atomic E-state index is -0.832. The molecule has 0 aliphatic heterocycles. The maximum absolute atomic E-state index is 10.4. The lowest BCUT2D eigenvalue weighted by molar-refractivity contribution is -0.137. The quantitative estimate of drug-likeness (QED) is 0.762. The molecule has 6 nitrogen and oxygen atoms in total. The lowest BCUT2D eigenvalue weighted by Gasteiger charge is -2.10. The van der Waals surface area contributed by atoms with Crippen molar-refractivity contribution in [1.82, 2.24) is 20.2 Å². The molecule has 1 heterocycles. The molecular formula is C9H16N4O2. The first-order valence-electron chi connectivity index (χ1n) is 5.16. The Morgan fingerprint density at radius 2 is 2.13 bits per heavy atom. The van der Waals surface area contributed by atoms with E-state index in [9.17, 15) is 4.79 Å². The van der Waals surface area contributed by atoms with Crippen molar-refractivity contribution in [2.75, 3.05) is 0 Å². The van der Waals surface area contributed by atoms with Crippen molar-refractivity contribution in [3.63, 3.8) is 0 Å². The van der Waals surface area contributed by atoms with E-state index in [-0.39, 0.29) is 6.42 Å². The van der Waals surface area contributed by atoms with Crippen LogP contribution in [0.25, 0.3) is 0 Å². The highest BCUT2D eigenvalue weighted by molar-refractivity contribution is 5.66. The number of tetrazole rings is 1. The fourth-order valence-electron chi connectivity index (χ4n) is 1.52. The van der Waals surface area contributed by atoms with Crippen LogP contribution in [0.3, 0.4) is 0 Å². The zero-order chi connectivity index (χ0) is 11.3. The Bertz CT molecular complexity index is 320.